The van der Waals surface area contributed by atoms with Crippen LogP contribution in [0.3, 0.4) is 0 Å². The summed E-state index contributed by atoms with van der Waals surface area (Å²) in [4.78, 5) is 4.26. The van der Waals surface area contributed by atoms with Gasteiger partial charge in [0.2, 0.25) is 0 Å². The summed E-state index contributed by atoms with van der Waals surface area (Å²) in [6.45, 7) is 4.75. The van der Waals surface area contributed by atoms with Gasteiger partial charge in [0.15, 0.2) is 5.82 Å². The van der Waals surface area contributed by atoms with E-state index in [1.54, 1.807) is 19.1 Å². The van der Waals surface area contributed by atoms with Crippen LogP contribution in [0.2, 0.25) is 0 Å². The number of nitrogens with two attached hydrogens (primary N) is 1. The lowest BCUT2D eigenvalue weighted by molar-refractivity contribution is 0.0867. The number of halogens is 1. The number of hydrogen-bond acceptors (Lipinski definition) is 5. The average Bonchev–Trinajstić information content (AvgIpc) is 2.90. The van der Waals surface area contributed by atoms with Crippen molar-refractivity contribution in [1.82, 2.24) is 10.1 Å². The molecule has 2 aromatic rings. The molecule has 1 aromatic carbocycles. The summed E-state index contributed by atoms with van der Waals surface area (Å²) in [6, 6.07) is 5.83. The second-order valence-corrected chi connectivity index (χ2v) is 4.90. The van der Waals surface area contributed by atoms with Crippen molar-refractivity contribution in [2.45, 2.75) is 25.8 Å². The molecule has 0 spiro atoms. The van der Waals surface area contributed by atoms with E-state index in [1.807, 2.05) is 6.92 Å². The van der Waals surface area contributed by atoms with Gasteiger partial charge in [0.1, 0.15) is 11.4 Å². The molecule has 1 heterocycles. The number of ether oxygens (including phenoxy) is 1. The molecule has 2 rings (SSSR count). The second kappa shape index (κ2) is 6.11. The summed E-state index contributed by atoms with van der Waals surface area (Å²) in [7, 11) is 0. The van der Waals surface area contributed by atoms with Gasteiger partial charge < -0.3 is 15.0 Å². The first kappa shape index (κ1) is 14.6. The minimum Gasteiger partial charge on any atom is -0.379 e. The topological polar surface area (TPSA) is 74.2 Å². The van der Waals surface area contributed by atoms with Crippen molar-refractivity contribution >= 4 is 0 Å². The van der Waals surface area contributed by atoms with Gasteiger partial charge in [0, 0.05) is 12.2 Å². The van der Waals surface area contributed by atoms with E-state index in [1.165, 1.54) is 12.1 Å². The van der Waals surface area contributed by atoms with E-state index in [9.17, 15) is 4.39 Å². The summed E-state index contributed by atoms with van der Waals surface area (Å²) in [5, 5.41) is 3.88. The normalized spacial score (nSPS) is 14.2. The molecular weight excluding hydrogens is 261 g/mol. The van der Waals surface area contributed by atoms with Crippen molar-refractivity contribution in [3.05, 3.63) is 35.9 Å². The van der Waals surface area contributed by atoms with Gasteiger partial charge in [-0.3, -0.25) is 0 Å². The van der Waals surface area contributed by atoms with Gasteiger partial charge in [0.05, 0.1) is 6.61 Å². The van der Waals surface area contributed by atoms with E-state index in [4.69, 9.17) is 15.0 Å². The number of aromatic nitrogens is 2. The molecule has 0 amide bonds. The fourth-order valence-electron chi connectivity index (χ4n) is 1.66. The number of benzene rings is 1. The lowest BCUT2D eigenvalue weighted by atomic mass is 10.1. The molecule has 0 aliphatic rings. The van der Waals surface area contributed by atoms with Crippen LogP contribution in [0.15, 0.2) is 28.8 Å². The molecule has 0 saturated carbocycles. The Hall–Kier alpha value is -1.79. The fourth-order valence-corrected chi connectivity index (χ4v) is 1.66. The van der Waals surface area contributed by atoms with Crippen LogP contribution >= 0.6 is 0 Å². The predicted molar refractivity (Wildman–Crippen MR) is 72.3 cm³/mol. The molecule has 0 aliphatic heterocycles. The molecule has 2 N–H and O–H groups in total. The summed E-state index contributed by atoms with van der Waals surface area (Å²) in [5.41, 5.74) is 5.95. The molecule has 1 atom stereocenters. The van der Waals surface area contributed by atoms with E-state index < -0.39 is 5.54 Å². The zero-order valence-corrected chi connectivity index (χ0v) is 11.6. The Morgan fingerprint density at radius 1 is 1.35 bits per heavy atom. The fraction of sp³-hybridized carbons (Fsp3) is 0.429. The van der Waals surface area contributed by atoms with Crippen LogP contribution in [-0.2, 0) is 10.3 Å². The quantitative estimate of drug-likeness (QED) is 0.822. The Balaban J connectivity index is 2.13. The van der Waals surface area contributed by atoms with Crippen molar-refractivity contribution in [3.8, 4) is 11.5 Å². The molecule has 0 radical (unpaired) electrons. The van der Waals surface area contributed by atoms with Crippen molar-refractivity contribution in [3.63, 3.8) is 0 Å². The zero-order chi connectivity index (χ0) is 14.6. The minimum atomic E-state index is -0.822. The average molecular weight is 279 g/mol. The molecule has 0 saturated heterocycles. The van der Waals surface area contributed by atoms with Crippen molar-refractivity contribution < 1.29 is 13.7 Å². The van der Waals surface area contributed by atoms with Crippen molar-refractivity contribution in [2.75, 3.05) is 13.2 Å². The second-order valence-electron chi connectivity index (χ2n) is 4.90. The molecule has 0 fully saturated rings. The van der Waals surface area contributed by atoms with E-state index >= 15 is 0 Å². The summed E-state index contributed by atoms with van der Waals surface area (Å²) >= 11 is 0. The summed E-state index contributed by atoms with van der Waals surface area (Å²) in [6.07, 6.45) is 0.920. The number of hydrogen-bond donors (Lipinski definition) is 1. The van der Waals surface area contributed by atoms with Gasteiger partial charge >= 0.3 is 0 Å². The monoisotopic (exact) mass is 279 g/mol. The van der Waals surface area contributed by atoms with Crippen LogP contribution in [0, 0.1) is 5.82 Å². The maximum atomic E-state index is 12.9. The third-order valence-corrected chi connectivity index (χ3v) is 2.78. The molecule has 0 bridgehead atoms. The lowest BCUT2D eigenvalue weighted by Crippen LogP contribution is -2.39. The molecule has 20 heavy (non-hydrogen) atoms. The summed E-state index contributed by atoms with van der Waals surface area (Å²) in [5.74, 6) is 0.366. The van der Waals surface area contributed by atoms with E-state index in [0.29, 0.717) is 30.5 Å². The highest BCUT2D eigenvalue weighted by molar-refractivity contribution is 5.52. The Kier molecular flexibility index (Phi) is 4.46. The van der Waals surface area contributed by atoms with Crippen molar-refractivity contribution in [1.29, 1.82) is 0 Å². The first-order valence-electron chi connectivity index (χ1n) is 6.49. The van der Waals surface area contributed by atoms with Crippen LogP contribution in [0.5, 0.6) is 0 Å². The third kappa shape index (κ3) is 3.40. The van der Waals surface area contributed by atoms with Gasteiger partial charge in [-0.1, -0.05) is 12.1 Å². The lowest BCUT2D eigenvalue weighted by Gasteiger charge is -2.19. The Bertz CT molecular complexity index is 552. The zero-order valence-electron chi connectivity index (χ0n) is 11.6. The summed E-state index contributed by atoms with van der Waals surface area (Å²) < 4.78 is 23.5. The number of nitrogens with zero attached hydrogens (tertiary/aromatic N) is 2. The Morgan fingerprint density at radius 2 is 2.05 bits per heavy atom. The largest absolute Gasteiger partial charge is 0.379 e. The first-order chi connectivity index (χ1) is 9.53. The highest BCUT2D eigenvalue weighted by Gasteiger charge is 2.28. The van der Waals surface area contributed by atoms with E-state index in [0.717, 1.165) is 6.42 Å². The molecule has 5 nitrogen and oxygen atoms in total. The van der Waals surface area contributed by atoms with E-state index in [-0.39, 0.29) is 5.82 Å². The predicted octanol–water partition coefficient (Wildman–Crippen LogP) is 2.48. The third-order valence-electron chi connectivity index (χ3n) is 2.78. The highest BCUT2D eigenvalue weighted by Crippen LogP contribution is 2.21. The standard InChI is InChI=1S/C14H18FN3O2/c1-3-8-19-9-14(2,16)13-17-12(20-18-13)10-4-6-11(15)7-5-10/h4-7H,3,8-9,16H2,1-2H3. The maximum absolute atomic E-state index is 12.9. The molecule has 1 aromatic heterocycles. The molecule has 0 aliphatic carbocycles. The van der Waals surface area contributed by atoms with Gasteiger partial charge in [0.25, 0.3) is 5.89 Å². The van der Waals surface area contributed by atoms with Crippen molar-refractivity contribution in [2.24, 2.45) is 5.73 Å². The SMILES string of the molecule is CCCOCC(C)(N)c1noc(-c2ccc(F)cc2)n1. The van der Waals surface area contributed by atoms with Gasteiger partial charge in [-0.2, -0.15) is 4.98 Å². The van der Waals surface area contributed by atoms with Gasteiger partial charge in [-0.05, 0) is 37.6 Å². The van der Waals surface area contributed by atoms with Crippen LogP contribution in [-0.4, -0.2) is 23.4 Å². The minimum absolute atomic E-state index is 0.309. The Labute approximate surface area is 116 Å². The van der Waals surface area contributed by atoms with Crippen LogP contribution in [0.25, 0.3) is 11.5 Å². The Morgan fingerprint density at radius 3 is 2.70 bits per heavy atom. The molecule has 1 unspecified atom stereocenters. The smallest absolute Gasteiger partial charge is 0.257 e. The highest BCUT2D eigenvalue weighted by atomic mass is 19.1. The van der Waals surface area contributed by atoms with Crippen LogP contribution in [0.1, 0.15) is 26.1 Å². The maximum Gasteiger partial charge on any atom is 0.257 e. The van der Waals surface area contributed by atoms with Gasteiger partial charge in [-0.25, -0.2) is 4.39 Å². The first-order valence-corrected chi connectivity index (χ1v) is 6.49. The molecule has 6 heteroatoms. The molecule has 108 valence electrons. The van der Waals surface area contributed by atoms with Crippen LogP contribution in [0.4, 0.5) is 4.39 Å². The van der Waals surface area contributed by atoms with Crippen LogP contribution < -0.4 is 5.73 Å². The van der Waals surface area contributed by atoms with Gasteiger partial charge in [-0.15, -0.1) is 0 Å². The molecular formula is C14H18FN3O2. The number of rotatable bonds is 6. The van der Waals surface area contributed by atoms with E-state index in [2.05, 4.69) is 10.1 Å².